The molecule has 21 heavy (non-hydrogen) atoms. The van der Waals surface area contributed by atoms with Crippen molar-refractivity contribution in [3.05, 3.63) is 49.6 Å². The minimum atomic E-state index is -0.565. The van der Waals surface area contributed by atoms with Crippen LogP contribution in [0.25, 0.3) is 11.1 Å². The van der Waals surface area contributed by atoms with Gasteiger partial charge < -0.3 is 5.11 Å². The van der Waals surface area contributed by atoms with Gasteiger partial charge in [0.1, 0.15) is 5.56 Å². The first kappa shape index (κ1) is 14.1. The Balaban J connectivity index is 2.11. The molecule has 0 radical (unpaired) electrons. The normalized spacial score (nSPS) is 14.9. The van der Waals surface area contributed by atoms with Crippen LogP contribution < -0.4 is 11.2 Å². The average Bonchev–Trinajstić information content (AvgIpc) is 2.38. The van der Waals surface area contributed by atoms with Crippen LogP contribution >= 0.6 is 15.9 Å². The maximum absolute atomic E-state index is 12.0. The molecule has 1 aromatic heterocycles. The fourth-order valence-corrected chi connectivity index (χ4v) is 2.80. The Morgan fingerprint density at radius 3 is 2.48 bits per heavy atom. The van der Waals surface area contributed by atoms with Crippen LogP contribution in [0.3, 0.4) is 0 Å². The van der Waals surface area contributed by atoms with Gasteiger partial charge in [0.25, 0.3) is 5.56 Å². The first-order chi connectivity index (χ1) is 10.1. The van der Waals surface area contributed by atoms with Crippen molar-refractivity contribution < 1.29 is 5.11 Å². The zero-order valence-electron chi connectivity index (χ0n) is 11.3. The highest BCUT2D eigenvalue weighted by molar-refractivity contribution is 9.10. The van der Waals surface area contributed by atoms with Gasteiger partial charge in [-0.2, -0.15) is 0 Å². The van der Waals surface area contributed by atoms with Crippen molar-refractivity contribution in [2.45, 2.75) is 25.8 Å². The van der Waals surface area contributed by atoms with E-state index < -0.39 is 11.2 Å². The third-order valence-corrected chi connectivity index (χ3v) is 4.50. The summed E-state index contributed by atoms with van der Waals surface area (Å²) in [6.07, 6.45) is 3.26. The average molecular weight is 351 g/mol. The van der Waals surface area contributed by atoms with Crippen LogP contribution in [0.1, 0.15) is 19.3 Å². The molecule has 0 spiro atoms. The number of H-pyrrole nitrogens is 1. The second-order valence-corrected chi connectivity index (χ2v) is 6.29. The highest BCUT2D eigenvalue weighted by atomic mass is 79.9. The second kappa shape index (κ2) is 5.52. The lowest BCUT2D eigenvalue weighted by Gasteiger charge is -2.26. The molecular formula is C15H15BrN2O3. The van der Waals surface area contributed by atoms with Gasteiger partial charge in [-0.15, -0.1) is 0 Å². The molecule has 1 aromatic carbocycles. The zero-order chi connectivity index (χ0) is 15.0. The van der Waals surface area contributed by atoms with Crippen LogP contribution in [0, 0.1) is 5.92 Å². The topological polar surface area (TPSA) is 75.1 Å². The summed E-state index contributed by atoms with van der Waals surface area (Å²) >= 11 is 3.33. The first-order valence-corrected chi connectivity index (χ1v) is 7.67. The molecule has 0 saturated heterocycles. The number of benzene rings is 1. The Morgan fingerprint density at radius 2 is 1.90 bits per heavy atom. The predicted molar refractivity (Wildman–Crippen MR) is 83.5 cm³/mol. The van der Waals surface area contributed by atoms with E-state index in [0.29, 0.717) is 18.0 Å². The fourth-order valence-electron chi connectivity index (χ4n) is 2.54. The molecule has 110 valence electrons. The Kier molecular flexibility index (Phi) is 3.71. The largest absolute Gasteiger partial charge is 0.494 e. The molecular weight excluding hydrogens is 336 g/mol. The van der Waals surface area contributed by atoms with Gasteiger partial charge in [-0.25, -0.2) is 4.79 Å². The highest BCUT2D eigenvalue weighted by Gasteiger charge is 2.22. The van der Waals surface area contributed by atoms with Crippen LogP contribution in [-0.2, 0) is 6.54 Å². The standard InChI is InChI=1S/C15H15BrN2O3/c16-11-6-4-10(5-7-11)12-13(19)17-15(21)18(14(12)20)8-9-2-1-3-9/h4-7,9,20H,1-3,8H2,(H,17,19,21). The summed E-state index contributed by atoms with van der Waals surface area (Å²) in [7, 11) is 0. The summed E-state index contributed by atoms with van der Waals surface area (Å²) in [5.41, 5.74) is -0.393. The molecule has 1 aliphatic carbocycles. The number of nitrogens with one attached hydrogen (secondary N) is 1. The van der Waals surface area contributed by atoms with E-state index in [9.17, 15) is 14.7 Å². The van der Waals surface area contributed by atoms with E-state index in [1.807, 2.05) is 0 Å². The summed E-state index contributed by atoms with van der Waals surface area (Å²) in [5, 5.41) is 10.4. The van der Waals surface area contributed by atoms with Gasteiger partial charge in [-0.3, -0.25) is 14.3 Å². The van der Waals surface area contributed by atoms with Gasteiger partial charge in [-0.1, -0.05) is 34.5 Å². The van der Waals surface area contributed by atoms with Crippen molar-refractivity contribution in [3.8, 4) is 17.0 Å². The summed E-state index contributed by atoms with van der Waals surface area (Å²) in [6.45, 7) is 0.449. The molecule has 2 N–H and O–H groups in total. The molecule has 1 aliphatic rings. The van der Waals surface area contributed by atoms with Gasteiger partial charge in [-0.05, 0) is 36.5 Å². The molecule has 0 aliphatic heterocycles. The maximum Gasteiger partial charge on any atom is 0.331 e. The quantitative estimate of drug-likeness (QED) is 0.892. The SMILES string of the molecule is O=c1[nH]c(=O)n(CC2CCC2)c(O)c1-c1ccc(Br)cc1. The second-order valence-electron chi connectivity index (χ2n) is 5.37. The first-order valence-electron chi connectivity index (χ1n) is 6.88. The van der Waals surface area contributed by atoms with Crippen molar-refractivity contribution in [1.82, 2.24) is 9.55 Å². The number of aromatic amines is 1. The molecule has 1 fully saturated rings. The van der Waals surface area contributed by atoms with Crippen molar-refractivity contribution in [1.29, 1.82) is 0 Å². The van der Waals surface area contributed by atoms with Gasteiger partial charge >= 0.3 is 5.69 Å². The Bertz CT molecular complexity index is 773. The van der Waals surface area contributed by atoms with E-state index in [4.69, 9.17) is 0 Å². The molecule has 0 atom stereocenters. The number of nitrogens with zero attached hydrogens (tertiary/aromatic N) is 1. The van der Waals surface area contributed by atoms with Gasteiger partial charge in [0.05, 0.1) is 0 Å². The number of halogens is 1. The fraction of sp³-hybridized carbons (Fsp3) is 0.333. The number of rotatable bonds is 3. The number of aromatic hydroxyl groups is 1. The zero-order valence-corrected chi connectivity index (χ0v) is 12.9. The molecule has 3 rings (SSSR count). The summed E-state index contributed by atoms with van der Waals surface area (Å²) in [6, 6.07) is 7.03. The van der Waals surface area contributed by atoms with Crippen molar-refractivity contribution in [2.75, 3.05) is 0 Å². The summed E-state index contributed by atoms with van der Waals surface area (Å²) in [4.78, 5) is 26.2. The van der Waals surface area contributed by atoms with Crippen LogP contribution in [0.2, 0.25) is 0 Å². The van der Waals surface area contributed by atoms with E-state index in [1.54, 1.807) is 24.3 Å². The summed E-state index contributed by atoms with van der Waals surface area (Å²) in [5.74, 6) is 0.148. The predicted octanol–water partition coefficient (Wildman–Crippen LogP) is 2.47. The Labute approximate surface area is 129 Å². The Hall–Kier alpha value is -1.82. The molecule has 2 aromatic rings. The third-order valence-electron chi connectivity index (χ3n) is 3.97. The van der Waals surface area contributed by atoms with Crippen LogP contribution in [0.4, 0.5) is 0 Å². The maximum atomic E-state index is 12.0. The molecule has 6 heteroatoms. The van der Waals surface area contributed by atoms with Gasteiger partial charge in [0, 0.05) is 11.0 Å². The van der Waals surface area contributed by atoms with Crippen LogP contribution in [-0.4, -0.2) is 14.7 Å². The molecule has 0 unspecified atom stereocenters. The van der Waals surface area contributed by atoms with E-state index in [-0.39, 0.29) is 11.4 Å². The number of hydrogen-bond donors (Lipinski definition) is 2. The molecule has 1 heterocycles. The number of hydrogen-bond acceptors (Lipinski definition) is 3. The van der Waals surface area contributed by atoms with E-state index in [0.717, 1.165) is 23.7 Å². The van der Waals surface area contributed by atoms with E-state index in [2.05, 4.69) is 20.9 Å². The lowest BCUT2D eigenvalue weighted by Crippen LogP contribution is -2.34. The van der Waals surface area contributed by atoms with Crippen molar-refractivity contribution in [2.24, 2.45) is 5.92 Å². The van der Waals surface area contributed by atoms with E-state index in [1.165, 1.54) is 4.57 Å². The lowest BCUT2D eigenvalue weighted by molar-refractivity contribution is 0.257. The van der Waals surface area contributed by atoms with E-state index >= 15 is 0 Å². The van der Waals surface area contributed by atoms with Gasteiger partial charge in [0.2, 0.25) is 5.88 Å². The highest BCUT2D eigenvalue weighted by Crippen LogP contribution is 2.30. The molecule has 1 saturated carbocycles. The number of aromatic nitrogens is 2. The van der Waals surface area contributed by atoms with Gasteiger partial charge in [0.15, 0.2) is 0 Å². The molecule has 0 amide bonds. The minimum Gasteiger partial charge on any atom is -0.494 e. The molecule has 0 bridgehead atoms. The lowest BCUT2D eigenvalue weighted by atomic mass is 9.85. The van der Waals surface area contributed by atoms with Crippen molar-refractivity contribution in [3.63, 3.8) is 0 Å². The third kappa shape index (κ3) is 2.68. The smallest absolute Gasteiger partial charge is 0.331 e. The minimum absolute atomic E-state index is 0.140. The monoisotopic (exact) mass is 350 g/mol. The molecule has 5 nitrogen and oxygen atoms in total. The Morgan fingerprint density at radius 1 is 1.24 bits per heavy atom. The van der Waals surface area contributed by atoms with Crippen molar-refractivity contribution >= 4 is 15.9 Å². The van der Waals surface area contributed by atoms with Crippen LogP contribution in [0.5, 0.6) is 5.88 Å². The van der Waals surface area contributed by atoms with Crippen LogP contribution in [0.15, 0.2) is 38.3 Å². The summed E-state index contributed by atoms with van der Waals surface area (Å²) < 4.78 is 2.15.